The molecule has 5 nitrogen and oxygen atoms in total. The first kappa shape index (κ1) is 17.8. The third-order valence-corrected chi connectivity index (χ3v) is 5.36. The molecular weight excluding hydrogens is 350 g/mol. The topological polar surface area (TPSA) is 79.5 Å². The van der Waals surface area contributed by atoms with Gasteiger partial charge in [-0.15, -0.1) is 6.42 Å². The van der Waals surface area contributed by atoms with E-state index in [1.807, 2.05) is 6.92 Å². The van der Waals surface area contributed by atoms with Gasteiger partial charge in [-0.1, -0.05) is 41.8 Å². The zero-order chi connectivity index (χ0) is 18.8. The number of rotatable bonds is 5. The maximum absolute atomic E-state index is 12.7. The van der Waals surface area contributed by atoms with Gasteiger partial charge in [0.2, 0.25) is 5.60 Å². The van der Waals surface area contributed by atoms with E-state index < -0.39 is 15.6 Å². The van der Waals surface area contributed by atoms with Crippen LogP contribution in [0.1, 0.15) is 16.9 Å². The number of para-hydroxylation sites is 1. The molecular formula is C20H17NO4S. The van der Waals surface area contributed by atoms with E-state index >= 15 is 0 Å². The lowest BCUT2D eigenvalue weighted by atomic mass is 9.91. The van der Waals surface area contributed by atoms with Gasteiger partial charge in [-0.05, 0) is 37.3 Å². The highest BCUT2D eigenvalue weighted by molar-refractivity contribution is 7.92. The first-order valence-corrected chi connectivity index (χ1v) is 9.28. The van der Waals surface area contributed by atoms with Crippen molar-refractivity contribution in [3.8, 4) is 12.3 Å². The second-order valence-corrected chi connectivity index (χ2v) is 7.48. The molecule has 132 valence electrons. The van der Waals surface area contributed by atoms with E-state index in [1.54, 1.807) is 36.4 Å². The van der Waals surface area contributed by atoms with Gasteiger partial charge in [-0.3, -0.25) is 4.72 Å². The van der Waals surface area contributed by atoms with E-state index in [9.17, 15) is 13.5 Å². The number of benzene rings is 2. The van der Waals surface area contributed by atoms with Crippen molar-refractivity contribution >= 4 is 15.7 Å². The quantitative estimate of drug-likeness (QED) is 0.679. The molecule has 0 saturated heterocycles. The van der Waals surface area contributed by atoms with E-state index in [0.29, 0.717) is 0 Å². The average molecular weight is 367 g/mol. The van der Waals surface area contributed by atoms with Crippen LogP contribution in [0.15, 0.2) is 76.2 Å². The average Bonchev–Trinajstić information content (AvgIpc) is 3.17. The molecule has 1 aromatic heterocycles. The molecule has 1 heterocycles. The minimum Gasteiger partial charge on any atom is -0.465 e. The van der Waals surface area contributed by atoms with Crippen LogP contribution < -0.4 is 4.72 Å². The zero-order valence-electron chi connectivity index (χ0n) is 14.0. The Morgan fingerprint density at radius 1 is 1.08 bits per heavy atom. The summed E-state index contributed by atoms with van der Waals surface area (Å²) in [5, 5.41) is 11.0. The van der Waals surface area contributed by atoms with Gasteiger partial charge in [0, 0.05) is 5.56 Å². The Kier molecular flexibility index (Phi) is 4.60. The molecule has 3 aromatic rings. The molecule has 1 unspecified atom stereocenters. The van der Waals surface area contributed by atoms with Crippen molar-refractivity contribution in [1.29, 1.82) is 0 Å². The van der Waals surface area contributed by atoms with Crippen molar-refractivity contribution < 1.29 is 17.9 Å². The third-order valence-electron chi connectivity index (χ3n) is 3.98. The summed E-state index contributed by atoms with van der Waals surface area (Å²) in [6, 6.07) is 16.0. The van der Waals surface area contributed by atoms with Crippen molar-refractivity contribution in [2.45, 2.75) is 17.4 Å². The Hall–Kier alpha value is -3.01. The molecule has 1 atom stereocenters. The Bertz CT molecular complexity index is 1050. The van der Waals surface area contributed by atoms with Gasteiger partial charge < -0.3 is 9.52 Å². The summed E-state index contributed by atoms with van der Waals surface area (Å²) in [5.41, 5.74) is -0.586. The second-order valence-electron chi connectivity index (χ2n) is 5.80. The molecule has 0 aliphatic heterocycles. The number of terminal acetylenes is 1. The van der Waals surface area contributed by atoms with Crippen LogP contribution in [0.4, 0.5) is 5.69 Å². The summed E-state index contributed by atoms with van der Waals surface area (Å²) in [5.74, 6) is 2.42. The zero-order valence-corrected chi connectivity index (χ0v) is 14.8. The number of hydrogen-bond donors (Lipinski definition) is 2. The monoisotopic (exact) mass is 367 g/mol. The van der Waals surface area contributed by atoms with Crippen molar-refractivity contribution in [3.05, 3.63) is 83.8 Å². The Balaban J connectivity index is 2.06. The van der Waals surface area contributed by atoms with E-state index in [1.165, 1.54) is 30.5 Å². The smallest absolute Gasteiger partial charge is 0.261 e. The number of anilines is 1. The molecule has 2 aromatic carbocycles. The van der Waals surface area contributed by atoms with Crippen molar-refractivity contribution in [2.75, 3.05) is 4.72 Å². The standard InChI is InChI=1S/C20H17NO4S/c1-3-20(22,19-9-6-14-25-19)17-7-4-5-8-18(17)21-26(23,24)16-12-10-15(2)11-13-16/h1,4-14,21-22H,2H3. The van der Waals surface area contributed by atoms with Crippen molar-refractivity contribution in [2.24, 2.45) is 0 Å². The van der Waals surface area contributed by atoms with Gasteiger partial charge >= 0.3 is 0 Å². The highest BCUT2D eigenvalue weighted by Gasteiger charge is 2.35. The van der Waals surface area contributed by atoms with Crippen LogP contribution in [0.3, 0.4) is 0 Å². The molecule has 0 amide bonds. The summed E-state index contributed by atoms with van der Waals surface area (Å²) in [4.78, 5) is 0.111. The van der Waals surface area contributed by atoms with Crippen LogP contribution in [0.25, 0.3) is 0 Å². The maximum Gasteiger partial charge on any atom is 0.261 e. The van der Waals surface area contributed by atoms with Crippen LogP contribution >= 0.6 is 0 Å². The molecule has 0 aliphatic rings. The van der Waals surface area contributed by atoms with Gasteiger partial charge in [0.25, 0.3) is 10.0 Å². The van der Waals surface area contributed by atoms with Gasteiger partial charge in [0.1, 0.15) is 0 Å². The Labute approximate surface area is 152 Å². The lowest BCUT2D eigenvalue weighted by molar-refractivity contribution is 0.118. The molecule has 0 bridgehead atoms. The molecule has 0 saturated carbocycles. The summed E-state index contributed by atoms with van der Waals surface area (Å²) < 4.78 is 33.2. The lowest BCUT2D eigenvalue weighted by Gasteiger charge is -2.23. The van der Waals surface area contributed by atoms with Crippen LogP contribution in [-0.2, 0) is 15.6 Å². The summed E-state index contributed by atoms with van der Waals surface area (Å²) in [6.07, 6.45) is 6.94. The van der Waals surface area contributed by atoms with Gasteiger partial charge in [0.05, 0.1) is 16.8 Å². The molecule has 0 spiro atoms. The molecule has 2 N–H and O–H groups in total. The van der Waals surface area contributed by atoms with Crippen LogP contribution in [0.5, 0.6) is 0 Å². The first-order chi connectivity index (χ1) is 12.4. The van der Waals surface area contributed by atoms with E-state index in [-0.39, 0.29) is 21.9 Å². The SMILES string of the molecule is C#CC(O)(c1ccco1)c1ccccc1NS(=O)(=O)c1ccc(C)cc1. The van der Waals surface area contributed by atoms with Crippen molar-refractivity contribution in [1.82, 2.24) is 0 Å². The summed E-state index contributed by atoms with van der Waals surface area (Å²) in [6.45, 7) is 1.87. The lowest BCUT2D eigenvalue weighted by Crippen LogP contribution is -2.27. The highest BCUT2D eigenvalue weighted by atomic mass is 32.2. The molecule has 6 heteroatoms. The largest absolute Gasteiger partial charge is 0.465 e. The Morgan fingerprint density at radius 3 is 2.38 bits per heavy atom. The third kappa shape index (κ3) is 3.23. The van der Waals surface area contributed by atoms with Crippen molar-refractivity contribution in [3.63, 3.8) is 0 Å². The number of aliphatic hydroxyl groups is 1. The van der Waals surface area contributed by atoms with Gasteiger partial charge in [-0.2, -0.15) is 0 Å². The van der Waals surface area contributed by atoms with E-state index in [4.69, 9.17) is 10.8 Å². The fourth-order valence-electron chi connectivity index (χ4n) is 2.57. The predicted molar refractivity (Wildman–Crippen MR) is 99.0 cm³/mol. The summed E-state index contributed by atoms with van der Waals surface area (Å²) in [7, 11) is -3.85. The van der Waals surface area contributed by atoms with Gasteiger partial charge in [0.15, 0.2) is 5.76 Å². The molecule has 0 fully saturated rings. The molecule has 26 heavy (non-hydrogen) atoms. The van der Waals surface area contributed by atoms with Crippen LogP contribution in [-0.4, -0.2) is 13.5 Å². The van der Waals surface area contributed by atoms with E-state index in [0.717, 1.165) is 5.56 Å². The number of furan rings is 1. The number of sulfonamides is 1. The highest BCUT2D eigenvalue weighted by Crippen LogP contribution is 2.35. The second kappa shape index (κ2) is 6.71. The van der Waals surface area contributed by atoms with Crippen LogP contribution in [0.2, 0.25) is 0 Å². The van der Waals surface area contributed by atoms with Crippen LogP contribution in [0, 0.1) is 19.3 Å². The maximum atomic E-state index is 12.7. The fourth-order valence-corrected chi connectivity index (χ4v) is 3.65. The normalized spacial score (nSPS) is 13.6. The Morgan fingerprint density at radius 2 is 1.77 bits per heavy atom. The molecule has 3 rings (SSSR count). The predicted octanol–water partition coefficient (Wildman–Crippen LogP) is 3.26. The minimum absolute atomic E-state index is 0.111. The van der Waals surface area contributed by atoms with Gasteiger partial charge in [-0.25, -0.2) is 8.42 Å². The van der Waals surface area contributed by atoms with E-state index in [2.05, 4.69) is 10.6 Å². The molecule has 0 radical (unpaired) electrons. The number of hydrogen-bond acceptors (Lipinski definition) is 4. The minimum atomic E-state index is -3.85. The molecule has 0 aliphatic carbocycles. The first-order valence-electron chi connectivity index (χ1n) is 7.80. The summed E-state index contributed by atoms with van der Waals surface area (Å²) >= 11 is 0. The fraction of sp³-hybridized carbons (Fsp3) is 0.100. The number of aryl methyl sites for hydroxylation is 1. The number of nitrogens with one attached hydrogen (secondary N) is 1.